The maximum Gasteiger partial charge on any atom is 0.151 e. The van der Waals surface area contributed by atoms with Crippen LogP contribution in [0.3, 0.4) is 0 Å². The van der Waals surface area contributed by atoms with Crippen molar-refractivity contribution in [1.82, 2.24) is 15.1 Å². The first-order valence-electron chi connectivity index (χ1n) is 7.70. The van der Waals surface area contributed by atoms with Crippen molar-refractivity contribution in [3.8, 4) is 0 Å². The highest BCUT2D eigenvalue weighted by molar-refractivity contribution is 7.91. The van der Waals surface area contributed by atoms with Crippen molar-refractivity contribution in [2.75, 3.05) is 12.8 Å². The molecule has 1 fully saturated rings. The molecule has 1 aliphatic carbocycles. The molecule has 120 valence electrons. The first-order valence-corrected chi connectivity index (χ1v) is 9.66. The third kappa shape index (κ3) is 4.30. The fourth-order valence-corrected chi connectivity index (χ4v) is 4.67. The smallest absolute Gasteiger partial charge is 0.151 e. The van der Waals surface area contributed by atoms with E-state index in [1.54, 1.807) is 0 Å². The van der Waals surface area contributed by atoms with E-state index in [4.69, 9.17) is 0 Å². The second-order valence-corrected chi connectivity index (χ2v) is 8.79. The van der Waals surface area contributed by atoms with E-state index in [1.807, 2.05) is 11.6 Å². The van der Waals surface area contributed by atoms with Gasteiger partial charge < -0.3 is 5.32 Å². The van der Waals surface area contributed by atoms with Crippen LogP contribution in [0, 0.1) is 19.8 Å². The maximum atomic E-state index is 11.8. The Morgan fingerprint density at radius 2 is 2.14 bits per heavy atom. The molecule has 3 unspecified atom stereocenters. The van der Waals surface area contributed by atoms with Gasteiger partial charge in [-0.1, -0.05) is 13.3 Å². The Morgan fingerprint density at radius 3 is 2.71 bits per heavy atom. The van der Waals surface area contributed by atoms with E-state index in [0.29, 0.717) is 5.92 Å². The standard InChI is InChI=1S/C15H27N3O2S/c1-11(10-18-13(3)8-12(2)17-18)9-16-14-6-5-7-15(14)21(4,19)20/h8,11,14-16H,5-7,9-10H2,1-4H3. The number of hydrogen-bond acceptors (Lipinski definition) is 4. The van der Waals surface area contributed by atoms with E-state index in [2.05, 4.69) is 30.3 Å². The molecule has 5 nitrogen and oxygen atoms in total. The zero-order chi connectivity index (χ0) is 15.6. The molecule has 1 saturated carbocycles. The number of aryl methyl sites for hydroxylation is 2. The van der Waals surface area contributed by atoms with Crippen molar-refractivity contribution in [3.63, 3.8) is 0 Å². The largest absolute Gasteiger partial charge is 0.312 e. The zero-order valence-corrected chi connectivity index (χ0v) is 14.3. The van der Waals surface area contributed by atoms with Crippen LogP contribution in [-0.4, -0.2) is 42.3 Å². The minimum Gasteiger partial charge on any atom is -0.312 e. The van der Waals surface area contributed by atoms with Gasteiger partial charge in [0.25, 0.3) is 0 Å². The average molecular weight is 313 g/mol. The minimum absolute atomic E-state index is 0.114. The van der Waals surface area contributed by atoms with Gasteiger partial charge in [-0.05, 0) is 45.2 Å². The van der Waals surface area contributed by atoms with E-state index < -0.39 is 9.84 Å². The third-order valence-electron chi connectivity index (χ3n) is 4.32. The summed E-state index contributed by atoms with van der Waals surface area (Å²) in [6, 6.07) is 2.19. The van der Waals surface area contributed by atoms with Crippen LogP contribution in [-0.2, 0) is 16.4 Å². The van der Waals surface area contributed by atoms with Gasteiger partial charge in [0.2, 0.25) is 0 Å². The first-order chi connectivity index (χ1) is 9.77. The SMILES string of the molecule is Cc1cc(C)n(CC(C)CNC2CCCC2S(C)(=O)=O)n1. The summed E-state index contributed by atoms with van der Waals surface area (Å²) in [6.07, 6.45) is 4.12. The summed E-state index contributed by atoms with van der Waals surface area (Å²) in [4.78, 5) is 0. The molecule has 0 spiro atoms. The molecule has 0 aliphatic heterocycles. The van der Waals surface area contributed by atoms with Crippen LogP contribution < -0.4 is 5.32 Å². The molecule has 0 radical (unpaired) electrons. The fraction of sp³-hybridized carbons (Fsp3) is 0.800. The summed E-state index contributed by atoms with van der Waals surface area (Å²) >= 11 is 0. The van der Waals surface area contributed by atoms with Crippen molar-refractivity contribution in [3.05, 3.63) is 17.5 Å². The second kappa shape index (κ2) is 6.48. The van der Waals surface area contributed by atoms with Crippen LogP contribution in [0.5, 0.6) is 0 Å². The molecule has 0 aromatic carbocycles. The molecule has 1 aromatic rings. The molecular formula is C15H27N3O2S. The minimum atomic E-state index is -2.94. The molecule has 0 amide bonds. The Kier molecular flexibility index (Phi) is 5.09. The summed E-state index contributed by atoms with van der Waals surface area (Å²) in [5, 5.41) is 7.73. The van der Waals surface area contributed by atoms with Crippen LogP contribution in [0.2, 0.25) is 0 Å². The van der Waals surface area contributed by atoms with Crippen molar-refractivity contribution < 1.29 is 8.42 Å². The molecule has 6 heteroatoms. The van der Waals surface area contributed by atoms with Gasteiger partial charge in [-0.25, -0.2) is 8.42 Å². The predicted octanol–water partition coefficient (Wildman–Crippen LogP) is 1.69. The summed E-state index contributed by atoms with van der Waals surface area (Å²) in [6.45, 7) is 7.93. The molecule has 1 aliphatic rings. The quantitative estimate of drug-likeness (QED) is 0.868. The fourth-order valence-electron chi connectivity index (χ4n) is 3.24. The third-order valence-corrected chi connectivity index (χ3v) is 5.98. The Hall–Kier alpha value is -0.880. The second-order valence-electron chi connectivity index (χ2n) is 6.53. The highest BCUT2D eigenvalue weighted by atomic mass is 32.2. The number of nitrogens with zero attached hydrogens (tertiary/aromatic N) is 2. The van der Waals surface area contributed by atoms with E-state index in [-0.39, 0.29) is 11.3 Å². The Morgan fingerprint density at radius 1 is 1.43 bits per heavy atom. The summed E-state index contributed by atoms with van der Waals surface area (Å²) in [5.41, 5.74) is 2.22. The summed E-state index contributed by atoms with van der Waals surface area (Å²) in [7, 11) is -2.94. The van der Waals surface area contributed by atoms with Gasteiger partial charge in [0.05, 0.1) is 10.9 Å². The average Bonchev–Trinajstić information content (AvgIpc) is 2.93. The van der Waals surface area contributed by atoms with Gasteiger partial charge in [-0.2, -0.15) is 5.10 Å². The van der Waals surface area contributed by atoms with Gasteiger partial charge in [0.1, 0.15) is 0 Å². The van der Waals surface area contributed by atoms with E-state index in [0.717, 1.165) is 38.0 Å². The summed E-state index contributed by atoms with van der Waals surface area (Å²) < 4.78 is 25.6. The molecule has 0 saturated heterocycles. The van der Waals surface area contributed by atoms with E-state index in [9.17, 15) is 8.42 Å². The van der Waals surface area contributed by atoms with E-state index >= 15 is 0 Å². The van der Waals surface area contributed by atoms with Gasteiger partial charge in [-0.3, -0.25) is 4.68 Å². The first kappa shape index (κ1) is 16.5. The number of sulfone groups is 1. The molecule has 1 N–H and O–H groups in total. The lowest BCUT2D eigenvalue weighted by Gasteiger charge is -2.22. The molecule has 0 bridgehead atoms. The van der Waals surface area contributed by atoms with Crippen molar-refractivity contribution in [1.29, 1.82) is 0 Å². The van der Waals surface area contributed by atoms with Gasteiger partial charge in [0, 0.05) is 24.5 Å². The molecule has 21 heavy (non-hydrogen) atoms. The number of nitrogens with one attached hydrogen (secondary N) is 1. The van der Waals surface area contributed by atoms with Gasteiger partial charge in [-0.15, -0.1) is 0 Å². The van der Waals surface area contributed by atoms with Crippen molar-refractivity contribution in [2.45, 2.75) is 57.9 Å². The van der Waals surface area contributed by atoms with Gasteiger partial charge >= 0.3 is 0 Å². The normalized spacial score (nSPS) is 24.4. The van der Waals surface area contributed by atoms with E-state index in [1.165, 1.54) is 11.9 Å². The molecule has 3 atom stereocenters. The Bertz CT molecular complexity index is 580. The monoisotopic (exact) mass is 313 g/mol. The number of aromatic nitrogens is 2. The van der Waals surface area contributed by atoms with Crippen LogP contribution >= 0.6 is 0 Å². The van der Waals surface area contributed by atoms with Crippen molar-refractivity contribution >= 4 is 9.84 Å². The van der Waals surface area contributed by atoms with Gasteiger partial charge in [0.15, 0.2) is 9.84 Å². The molecule has 1 heterocycles. The summed E-state index contributed by atoms with van der Waals surface area (Å²) in [5.74, 6) is 0.420. The Labute approximate surface area is 128 Å². The maximum absolute atomic E-state index is 11.8. The topological polar surface area (TPSA) is 64.0 Å². The van der Waals surface area contributed by atoms with Crippen molar-refractivity contribution in [2.24, 2.45) is 5.92 Å². The molecule has 2 rings (SSSR count). The zero-order valence-electron chi connectivity index (χ0n) is 13.5. The predicted molar refractivity (Wildman–Crippen MR) is 85.1 cm³/mol. The lowest BCUT2D eigenvalue weighted by molar-refractivity contribution is 0.388. The molecule has 1 aromatic heterocycles. The highest BCUT2D eigenvalue weighted by Gasteiger charge is 2.34. The highest BCUT2D eigenvalue weighted by Crippen LogP contribution is 2.25. The van der Waals surface area contributed by atoms with Crippen LogP contribution in [0.4, 0.5) is 0 Å². The Balaban J connectivity index is 1.86. The van der Waals surface area contributed by atoms with Crippen LogP contribution in [0.1, 0.15) is 37.6 Å². The van der Waals surface area contributed by atoms with Crippen LogP contribution in [0.25, 0.3) is 0 Å². The number of rotatable bonds is 6. The molecular weight excluding hydrogens is 286 g/mol. The lowest BCUT2D eigenvalue weighted by atomic mass is 10.1. The lowest BCUT2D eigenvalue weighted by Crippen LogP contribution is -2.42. The van der Waals surface area contributed by atoms with Crippen LogP contribution in [0.15, 0.2) is 6.07 Å². The number of hydrogen-bond donors (Lipinski definition) is 1.